The highest BCUT2D eigenvalue weighted by Crippen LogP contribution is 2.29. The van der Waals surface area contributed by atoms with Gasteiger partial charge < -0.3 is 20.4 Å². The summed E-state index contributed by atoms with van der Waals surface area (Å²) in [5, 5.41) is 19.8. The number of aromatic nitrogens is 4. The Morgan fingerprint density at radius 3 is 1.74 bits per heavy atom. The van der Waals surface area contributed by atoms with E-state index < -0.39 is 22.5 Å². The Kier molecular flexibility index (Phi) is 12.0. The lowest BCUT2D eigenvalue weighted by Crippen LogP contribution is -2.45. The minimum atomic E-state index is -0.734. The van der Waals surface area contributed by atoms with Gasteiger partial charge in [0.2, 0.25) is 0 Å². The van der Waals surface area contributed by atoms with Crippen LogP contribution in [-0.4, -0.2) is 74.9 Å². The topological polar surface area (TPSA) is 159 Å². The summed E-state index contributed by atoms with van der Waals surface area (Å²) in [7, 11) is 0. The summed E-state index contributed by atoms with van der Waals surface area (Å²) >= 11 is 12.1. The van der Waals surface area contributed by atoms with Crippen molar-refractivity contribution >= 4 is 74.1 Å². The molecule has 8 rings (SSSR count). The van der Waals surface area contributed by atoms with Crippen molar-refractivity contribution in [3.63, 3.8) is 0 Å². The lowest BCUT2D eigenvalue weighted by Gasteiger charge is -2.33. The van der Waals surface area contributed by atoms with Gasteiger partial charge in [-0.2, -0.15) is 0 Å². The molecule has 292 valence electrons. The van der Waals surface area contributed by atoms with Crippen molar-refractivity contribution in [2.24, 2.45) is 0 Å². The van der Waals surface area contributed by atoms with Gasteiger partial charge in [0.15, 0.2) is 0 Å². The fourth-order valence-corrected chi connectivity index (χ4v) is 7.30. The van der Waals surface area contributed by atoms with E-state index in [1.54, 1.807) is 18.2 Å². The lowest BCUT2D eigenvalue weighted by atomic mass is 10.0. The number of halogens is 4. The molecule has 4 heterocycles. The minimum absolute atomic E-state index is 0.000517. The summed E-state index contributed by atoms with van der Waals surface area (Å²) in [6.07, 6.45) is 5.88. The van der Waals surface area contributed by atoms with Gasteiger partial charge in [-0.25, -0.2) is 28.7 Å². The second-order valence-corrected chi connectivity index (χ2v) is 14.5. The minimum Gasteiger partial charge on any atom is -0.356 e. The molecule has 2 N–H and O–H groups in total. The molecular weight excluding hydrogens is 779 g/mol. The average Bonchev–Trinajstić information content (AvgIpc) is 3.22. The Hall–Kier alpha value is -6.06. The molecule has 0 spiro atoms. The van der Waals surface area contributed by atoms with Crippen LogP contribution < -0.4 is 20.4 Å². The molecule has 0 saturated carbocycles. The number of non-ortho nitro benzene ring substituents is 1. The van der Waals surface area contributed by atoms with E-state index >= 15 is 0 Å². The van der Waals surface area contributed by atoms with Gasteiger partial charge in [0.05, 0.1) is 21.5 Å². The van der Waals surface area contributed by atoms with Gasteiger partial charge in [-0.05, 0) is 86.3 Å². The zero-order valence-corrected chi connectivity index (χ0v) is 31.8. The van der Waals surface area contributed by atoms with Crippen molar-refractivity contribution in [1.29, 1.82) is 0 Å². The van der Waals surface area contributed by atoms with Crippen molar-refractivity contribution in [3.8, 4) is 0 Å². The number of hydrogen-bond acceptors (Lipinski definition) is 10. The molecule has 0 atom stereocenters. The first-order chi connectivity index (χ1) is 27.5. The zero-order valence-electron chi connectivity index (χ0n) is 30.2. The van der Waals surface area contributed by atoms with Crippen molar-refractivity contribution in [2.45, 2.75) is 37.8 Å². The van der Waals surface area contributed by atoms with Gasteiger partial charge in [0, 0.05) is 76.8 Å². The molecule has 13 nitrogen and oxygen atoms in total. The number of benzene rings is 4. The Morgan fingerprint density at radius 2 is 1.21 bits per heavy atom. The number of piperidine rings is 2. The zero-order chi connectivity index (χ0) is 40.1. The number of rotatable bonds is 7. The number of amides is 2. The highest BCUT2D eigenvalue weighted by atomic mass is 35.5. The SMILES string of the molecule is O=C(NC1CCN(c2ncnc3cc(Cl)ccc23)CC1)c1cc(F)ccc1F.O=C(NC1CCN(c2ncnc3cc(Cl)ccc23)CC1)c1cccc([N+](=O)[O-])c1. The highest BCUT2D eigenvalue weighted by Gasteiger charge is 2.26. The van der Waals surface area contributed by atoms with Crippen LogP contribution in [0.25, 0.3) is 21.8 Å². The first kappa shape index (κ1) is 39.2. The van der Waals surface area contributed by atoms with Gasteiger partial charge in [0.1, 0.15) is 35.9 Å². The number of nitro groups is 1. The van der Waals surface area contributed by atoms with Gasteiger partial charge in [-0.3, -0.25) is 19.7 Å². The van der Waals surface area contributed by atoms with Crippen molar-refractivity contribution in [2.75, 3.05) is 36.0 Å². The van der Waals surface area contributed by atoms with Crippen LogP contribution in [0.4, 0.5) is 26.1 Å². The van der Waals surface area contributed by atoms with Crippen molar-refractivity contribution in [3.05, 3.63) is 134 Å². The predicted octanol–water partition coefficient (Wildman–Crippen LogP) is 7.55. The third kappa shape index (κ3) is 9.33. The number of nitrogens with one attached hydrogen (secondary N) is 2. The number of fused-ring (bicyclic) bond motifs is 2. The molecule has 2 aliphatic heterocycles. The maximum absolute atomic E-state index is 13.8. The van der Waals surface area contributed by atoms with E-state index in [4.69, 9.17) is 23.2 Å². The molecule has 2 aliphatic rings. The van der Waals surface area contributed by atoms with Crippen LogP contribution in [0.2, 0.25) is 10.0 Å². The smallest absolute Gasteiger partial charge is 0.270 e. The molecule has 2 fully saturated rings. The summed E-state index contributed by atoms with van der Waals surface area (Å²) < 4.78 is 27.1. The molecule has 0 radical (unpaired) electrons. The third-order valence-corrected chi connectivity index (χ3v) is 10.4. The summed E-state index contributed by atoms with van der Waals surface area (Å²) in [5.41, 5.74) is 1.49. The Bertz CT molecular complexity index is 2460. The van der Waals surface area contributed by atoms with Crippen LogP contribution in [0.15, 0.2) is 91.5 Å². The Morgan fingerprint density at radius 1 is 0.684 bits per heavy atom. The van der Waals surface area contributed by atoms with E-state index in [0.717, 1.165) is 77.6 Å². The van der Waals surface area contributed by atoms with Crippen molar-refractivity contribution < 1.29 is 23.3 Å². The maximum Gasteiger partial charge on any atom is 0.270 e. The molecule has 4 aromatic carbocycles. The van der Waals surface area contributed by atoms with Crippen LogP contribution in [-0.2, 0) is 0 Å². The first-order valence-electron chi connectivity index (χ1n) is 18.1. The van der Waals surface area contributed by atoms with E-state index in [-0.39, 0.29) is 29.2 Å². The summed E-state index contributed by atoms with van der Waals surface area (Å²) in [5.74, 6) is -0.593. The number of hydrogen-bond donors (Lipinski definition) is 2. The fraction of sp³-hybridized carbons (Fsp3) is 0.250. The van der Waals surface area contributed by atoms with Crippen LogP contribution in [0.1, 0.15) is 46.4 Å². The largest absolute Gasteiger partial charge is 0.356 e. The highest BCUT2D eigenvalue weighted by molar-refractivity contribution is 6.31. The maximum atomic E-state index is 13.8. The van der Waals surface area contributed by atoms with Crippen LogP contribution >= 0.6 is 23.2 Å². The van der Waals surface area contributed by atoms with Crippen molar-refractivity contribution in [1.82, 2.24) is 30.6 Å². The predicted molar refractivity (Wildman–Crippen MR) is 214 cm³/mol. The molecule has 0 aliphatic carbocycles. The molecule has 0 bridgehead atoms. The number of nitrogens with zero attached hydrogens (tertiary/aromatic N) is 7. The standard InChI is InChI=1S/C20H17ClF2N4O.C20H18ClN5O3/c21-12-1-3-15-18(9-12)24-11-25-19(15)27-7-5-14(6-8-27)26-20(28)16-10-13(22)2-4-17(16)23;21-14-4-5-17-18(11-14)22-12-23-19(17)25-8-6-15(7-9-25)24-20(27)13-2-1-3-16(10-13)26(28)29/h1-4,9-11,14H,5-8H2,(H,26,28);1-5,10-12,15H,6-9H2,(H,24,27). The number of carbonyl (C=O) groups is 2. The Balaban J connectivity index is 0.000000174. The molecule has 0 unspecified atom stereocenters. The van der Waals surface area contributed by atoms with Crippen LogP contribution in [0.3, 0.4) is 0 Å². The van der Waals surface area contributed by atoms with Crippen LogP contribution in [0, 0.1) is 21.7 Å². The van der Waals surface area contributed by atoms with E-state index in [1.807, 2.05) is 24.3 Å². The number of anilines is 2. The molecule has 2 saturated heterocycles. The average molecular weight is 815 g/mol. The lowest BCUT2D eigenvalue weighted by molar-refractivity contribution is -0.384. The van der Waals surface area contributed by atoms with Gasteiger partial charge in [-0.15, -0.1) is 0 Å². The molecule has 2 aromatic heterocycles. The molecule has 17 heteroatoms. The molecule has 57 heavy (non-hydrogen) atoms. The van der Waals surface area contributed by atoms with E-state index in [1.165, 1.54) is 30.9 Å². The van der Waals surface area contributed by atoms with E-state index in [0.29, 0.717) is 41.5 Å². The van der Waals surface area contributed by atoms with Gasteiger partial charge in [-0.1, -0.05) is 29.3 Å². The quantitative estimate of drug-likeness (QED) is 0.122. The number of nitro benzene ring substituents is 1. The fourth-order valence-electron chi connectivity index (χ4n) is 6.97. The molecule has 6 aromatic rings. The summed E-state index contributed by atoms with van der Waals surface area (Å²) in [6, 6.07) is 19.6. The van der Waals surface area contributed by atoms with Gasteiger partial charge >= 0.3 is 0 Å². The first-order valence-corrected chi connectivity index (χ1v) is 18.9. The van der Waals surface area contributed by atoms with Gasteiger partial charge in [0.25, 0.3) is 17.5 Å². The third-order valence-electron chi connectivity index (χ3n) is 9.91. The second kappa shape index (κ2) is 17.4. The second-order valence-electron chi connectivity index (χ2n) is 13.6. The van der Waals surface area contributed by atoms with E-state index in [9.17, 15) is 28.5 Å². The molecular formula is C40H35Cl2F2N9O4. The monoisotopic (exact) mass is 813 g/mol. The molecule has 2 amide bonds. The number of carbonyl (C=O) groups excluding carboxylic acids is 2. The van der Waals surface area contributed by atoms with E-state index in [2.05, 4.69) is 40.4 Å². The summed E-state index contributed by atoms with van der Waals surface area (Å²) in [4.78, 5) is 56.8. The van der Waals surface area contributed by atoms with Crippen LogP contribution in [0.5, 0.6) is 0 Å². The Labute approximate surface area is 335 Å². The normalized spacial score (nSPS) is 14.9. The summed E-state index contributed by atoms with van der Waals surface area (Å²) in [6.45, 7) is 2.81.